The van der Waals surface area contributed by atoms with Gasteiger partial charge in [-0.15, -0.1) is 0 Å². The molecule has 0 aliphatic carbocycles. The fourth-order valence-corrected chi connectivity index (χ4v) is 6.88. The number of nitrogens with one attached hydrogen (secondary N) is 3. The molecule has 0 saturated carbocycles. The average molecular weight is 594 g/mol. The first-order valence-corrected chi connectivity index (χ1v) is 15.9. The third-order valence-corrected chi connectivity index (χ3v) is 9.60. The molecule has 0 bridgehead atoms. The van der Waals surface area contributed by atoms with E-state index in [0.29, 0.717) is 23.6 Å². The van der Waals surface area contributed by atoms with E-state index in [2.05, 4.69) is 22.0 Å². The summed E-state index contributed by atoms with van der Waals surface area (Å²) in [6, 6.07) is 27.6. The summed E-state index contributed by atoms with van der Waals surface area (Å²) in [7, 11) is -1.71. The van der Waals surface area contributed by atoms with E-state index in [9.17, 15) is 13.2 Å². The van der Waals surface area contributed by atoms with Crippen molar-refractivity contribution < 1.29 is 13.2 Å². The van der Waals surface area contributed by atoms with Crippen LogP contribution in [-0.4, -0.2) is 55.7 Å². The Morgan fingerprint density at radius 1 is 0.907 bits per heavy atom. The number of benzene rings is 4. The van der Waals surface area contributed by atoms with Crippen LogP contribution in [0.4, 0.5) is 5.69 Å². The largest absolute Gasteiger partial charge is 0.348 e. The minimum absolute atomic E-state index is 0.103. The van der Waals surface area contributed by atoms with Crippen molar-refractivity contribution in [1.29, 1.82) is 5.41 Å². The maximum absolute atomic E-state index is 13.8. The van der Waals surface area contributed by atoms with Crippen LogP contribution in [0.25, 0.3) is 21.7 Å². The van der Waals surface area contributed by atoms with Crippen LogP contribution in [0.5, 0.6) is 0 Å². The predicted molar refractivity (Wildman–Crippen MR) is 173 cm³/mol. The monoisotopic (exact) mass is 593 g/mol. The molecular weight excluding hydrogens is 558 g/mol. The van der Waals surface area contributed by atoms with Crippen LogP contribution < -0.4 is 10.0 Å². The summed E-state index contributed by atoms with van der Waals surface area (Å²) in [4.78, 5) is 16.2. The summed E-state index contributed by atoms with van der Waals surface area (Å²) in [5.74, 6) is -0.135. The normalized spacial score (nSPS) is 14.7. The van der Waals surface area contributed by atoms with Gasteiger partial charge in [-0.05, 0) is 98.2 Å². The lowest BCUT2D eigenvalue weighted by atomic mass is 10.0. The first-order chi connectivity index (χ1) is 20.7. The molecule has 0 radical (unpaired) electrons. The third-order valence-electron chi connectivity index (χ3n) is 8.21. The maximum atomic E-state index is 13.8. The molecule has 9 heteroatoms. The van der Waals surface area contributed by atoms with Gasteiger partial charge in [0.15, 0.2) is 0 Å². The number of likely N-dealkylation sites (tertiary alicyclic amines) is 1. The average Bonchev–Trinajstić information content (AvgIpc) is 3.36. The van der Waals surface area contributed by atoms with Crippen molar-refractivity contribution in [2.75, 3.05) is 24.9 Å². The fourth-order valence-electron chi connectivity index (χ4n) is 5.82. The van der Waals surface area contributed by atoms with Crippen LogP contribution in [0.1, 0.15) is 41.4 Å². The van der Waals surface area contributed by atoms with E-state index in [-0.39, 0.29) is 16.8 Å². The molecule has 8 nitrogen and oxygen atoms in total. The second-order valence-electron chi connectivity index (χ2n) is 11.3. The molecular formula is C34H35N5O3S. The van der Waals surface area contributed by atoms with E-state index < -0.39 is 10.0 Å². The molecule has 1 aliphatic heterocycles. The Balaban J connectivity index is 1.43. The van der Waals surface area contributed by atoms with Crippen LogP contribution in [0.2, 0.25) is 0 Å². The molecule has 3 N–H and O–H groups in total. The zero-order valence-electron chi connectivity index (χ0n) is 24.3. The Kier molecular flexibility index (Phi) is 7.77. The highest BCUT2D eigenvalue weighted by Crippen LogP contribution is 2.30. The lowest BCUT2D eigenvalue weighted by Gasteiger charge is -2.29. The number of hydrogen-bond acceptors (Lipinski definition) is 5. The molecule has 2 heterocycles. The van der Waals surface area contributed by atoms with E-state index in [4.69, 9.17) is 5.41 Å². The van der Waals surface area contributed by atoms with E-state index in [1.165, 1.54) is 0 Å². The van der Waals surface area contributed by atoms with Crippen LogP contribution in [-0.2, 0) is 16.6 Å². The molecule has 1 amide bonds. The van der Waals surface area contributed by atoms with Crippen molar-refractivity contribution in [2.24, 2.45) is 0 Å². The van der Waals surface area contributed by atoms with Gasteiger partial charge in [-0.2, -0.15) is 0 Å². The highest BCUT2D eigenvalue weighted by Gasteiger charge is 2.23. The predicted octanol–water partition coefficient (Wildman–Crippen LogP) is 5.86. The standard InChI is InChI=1S/C34H35N5O3S/c1-23(35)24-12-13-26-21-33(34(40)36-28-14-16-38(2)17-15-28)39(32(26)20-24)22-27-19-29(18-25-8-6-7-11-31(25)27)37-43(41,42)30-9-4-3-5-10-30/h3-13,18-21,28,35,37H,14-17,22H2,1-2H3,(H,36,40). The summed E-state index contributed by atoms with van der Waals surface area (Å²) in [5.41, 5.74) is 3.91. The van der Waals surface area contributed by atoms with Gasteiger partial charge in [0.2, 0.25) is 0 Å². The van der Waals surface area contributed by atoms with Gasteiger partial charge in [0.05, 0.1) is 4.90 Å². The maximum Gasteiger partial charge on any atom is 0.268 e. The number of aromatic nitrogens is 1. The van der Waals surface area contributed by atoms with Crippen molar-refractivity contribution in [3.8, 4) is 0 Å². The van der Waals surface area contributed by atoms with Gasteiger partial charge in [-0.1, -0.05) is 54.6 Å². The Labute approximate surface area is 251 Å². The van der Waals surface area contributed by atoms with Crippen LogP contribution in [0, 0.1) is 5.41 Å². The lowest BCUT2D eigenvalue weighted by Crippen LogP contribution is -2.43. The van der Waals surface area contributed by atoms with Crippen LogP contribution >= 0.6 is 0 Å². The minimum Gasteiger partial charge on any atom is -0.348 e. The Morgan fingerprint density at radius 2 is 1.63 bits per heavy atom. The zero-order valence-corrected chi connectivity index (χ0v) is 25.1. The number of carbonyl (C=O) groups is 1. The number of carbonyl (C=O) groups excluding carboxylic acids is 1. The molecule has 1 saturated heterocycles. The summed E-state index contributed by atoms with van der Waals surface area (Å²) in [6.07, 6.45) is 1.79. The number of sulfonamides is 1. The molecule has 0 spiro atoms. The highest BCUT2D eigenvalue weighted by molar-refractivity contribution is 7.92. The van der Waals surface area contributed by atoms with Gasteiger partial charge in [-0.3, -0.25) is 9.52 Å². The van der Waals surface area contributed by atoms with Gasteiger partial charge >= 0.3 is 0 Å². The molecule has 0 atom stereocenters. The Hall–Kier alpha value is -4.47. The molecule has 1 fully saturated rings. The van der Waals surface area contributed by atoms with E-state index in [1.807, 2.05) is 65.2 Å². The first kappa shape index (κ1) is 28.6. The molecule has 1 aromatic heterocycles. The topological polar surface area (TPSA) is 107 Å². The van der Waals surface area contributed by atoms with Crippen molar-refractivity contribution in [1.82, 2.24) is 14.8 Å². The number of anilines is 1. The van der Waals surface area contributed by atoms with Crippen molar-refractivity contribution >= 4 is 49.0 Å². The number of hydrogen-bond donors (Lipinski definition) is 3. The number of amides is 1. The number of nitrogens with zero attached hydrogens (tertiary/aromatic N) is 2. The van der Waals surface area contributed by atoms with Gasteiger partial charge in [0, 0.05) is 34.9 Å². The molecule has 43 heavy (non-hydrogen) atoms. The SMILES string of the molecule is CC(=N)c1ccc2cc(C(=O)NC3CCN(C)CC3)n(Cc3cc(NS(=O)(=O)c4ccccc4)cc4ccccc34)c2c1. The quantitative estimate of drug-likeness (QED) is 0.196. The van der Waals surface area contributed by atoms with Crippen molar-refractivity contribution in [3.05, 3.63) is 108 Å². The summed E-state index contributed by atoms with van der Waals surface area (Å²) in [6.45, 7) is 3.96. The van der Waals surface area contributed by atoms with E-state index >= 15 is 0 Å². The molecule has 0 unspecified atom stereocenters. The smallest absolute Gasteiger partial charge is 0.268 e. The van der Waals surface area contributed by atoms with Gasteiger partial charge in [0.25, 0.3) is 15.9 Å². The Bertz CT molecular complexity index is 1940. The number of piperidine rings is 1. The van der Waals surface area contributed by atoms with Crippen molar-refractivity contribution in [2.45, 2.75) is 37.2 Å². The second kappa shape index (κ2) is 11.7. The molecule has 5 aromatic rings. The van der Waals surface area contributed by atoms with Crippen LogP contribution in [0.3, 0.4) is 0 Å². The summed E-state index contributed by atoms with van der Waals surface area (Å²) in [5, 5.41) is 14.2. The molecule has 6 rings (SSSR count). The molecule has 220 valence electrons. The van der Waals surface area contributed by atoms with Crippen LogP contribution in [0.15, 0.2) is 95.9 Å². The second-order valence-corrected chi connectivity index (χ2v) is 13.0. The fraction of sp³-hybridized carbons (Fsp3) is 0.235. The highest BCUT2D eigenvalue weighted by atomic mass is 32.2. The van der Waals surface area contributed by atoms with Gasteiger partial charge < -0.3 is 20.2 Å². The number of rotatable bonds is 8. The zero-order chi connectivity index (χ0) is 30.1. The van der Waals surface area contributed by atoms with Gasteiger partial charge in [-0.25, -0.2) is 8.42 Å². The lowest BCUT2D eigenvalue weighted by molar-refractivity contribution is 0.0908. The Morgan fingerprint density at radius 3 is 2.37 bits per heavy atom. The third kappa shape index (κ3) is 6.04. The number of fused-ring (bicyclic) bond motifs is 2. The van der Waals surface area contributed by atoms with E-state index in [0.717, 1.165) is 58.7 Å². The summed E-state index contributed by atoms with van der Waals surface area (Å²) < 4.78 is 31.1. The molecule has 1 aliphatic rings. The van der Waals surface area contributed by atoms with Crippen molar-refractivity contribution in [3.63, 3.8) is 0 Å². The minimum atomic E-state index is -3.80. The van der Waals surface area contributed by atoms with Gasteiger partial charge in [0.1, 0.15) is 5.69 Å². The first-order valence-electron chi connectivity index (χ1n) is 14.5. The summed E-state index contributed by atoms with van der Waals surface area (Å²) >= 11 is 0. The molecule has 4 aromatic carbocycles. The van der Waals surface area contributed by atoms with E-state index in [1.54, 1.807) is 37.3 Å².